The van der Waals surface area contributed by atoms with Gasteiger partial charge in [0.2, 0.25) is 16.0 Å². The van der Waals surface area contributed by atoms with E-state index in [-0.39, 0.29) is 24.3 Å². The SMILES string of the molecule is C[C@H](Nc1nc(Nc2cnccn2)cc(N2CCN(S(C)(=O)=O)CC2)n1)c1ccc(F)cc1.Cl. The summed E-state index contributed by atoms with van der Waals surface area (Å²) in [5.41, 5.74) is 0.885. The molecule has 4 rings (SSSR count). The molecule has 2 aromatic heterocycles. The Balaban J connectivity index is 0.00000324. The Labute approximate surface area is 204 Å². The molecular weight excluding hydrogens is 483 g/mol. The van der Waals surface area contributed by atoms with Crippen molar-refractivity contribution >= 4 is 45.8 Å². The third-order valence-electron chi connectivity index (χ3n) is 5.28. The van der Waals surface area contributed by atoms with Crippen LogP contribution in [0, 0.1) is 5.82 Å². The Morgan fingerprint density at radius 3 is 2.35 bits per heavy atom. The topological polar surface area (TPSA) is 116 Å². The van der Waals surface area contributed by atoms with Gasteiger partial charge in [-0.15, -0.1) is 12.4 Å². The molecule has 2 N–H and O–H groups in total. The third-order valence-corrected chi connectivity index (χ3v) is 6.58. The monoisotopic (exact) mass is 508 g/mol. The molecule has 0 radical (unpaired) electrons. The highest BCUT2D eigenvalue weighted by atomic mass is 35.5. The molecule has 1 aromatic carbocycles. The second-order valence-electron chi connectivity index (χ2n) is 7.72. The quantitative estimate of drug-likeness (QED) is 0.496. The van der Waals surface area contributed by atoms with Crippen molar-refractivity contribution in [2.75, 3.05) is 48.0 Å². The van der Waals surface area contributed by atoms with Crippen molar-refractivity contribution in [3.63, 3.8) is 0 Å². The van der Waals surface area contributed by atoms with E-state index in [1.165, 1.54) is 22.7 Å². The van der Waals surface area contributed by atoms with Crippen LogP contribution in [-0.2, 0) is 10.0 Å². The second kappa shape index (κ2) is 10.9. The number of nitrogens with one attached hydrogen (secondary N) is 2. The summed E-state index contributed by atoms with van der Waals surface area (Å²) < 4.78 is 38.4. The summed E-state index contributed by atoms with van der Waals surface area (Å²) in [6, 6.07) is 7.85. The molecule has 1 saturated heterocycles. The smallest absolute Gasteiger partial charge is 0.227 e. The van der Waals surface area contributed by atoms with Crippen LogP contribution >= 0.6 is 12.4 Å². The number of halogens is 2. The van der Waals surface area contributed by atoms with E-state index in [4.69, 9.17) is 0 Å². The van der Waals surface area contributed by atoms with Crippen LogP contribution in [0.3, 0.4) is 0 Å². The fourth-order valence-corrected chi connectivity index (χ4v) is 4.32. The van der Waals surface area contributed by atoms with Crippen LogP contribution in [0.4, 0.5) is 27.8 Å². The number of hydrogen-bond acceptors (Lipinski definition) is 9. The maximum Gasteiger partial charge on any atom is 0.227 e. The lowest BCUT2D eigenvalue weighted by Gasteiger charge is -2.34. The lowest BCUT2D eigenvalue weighted by atomic mass is 10.1. The van der Waals surface area contributed by atoms with Crippen molar-refractivity contribution in [2.24, 2.45) is 0 Å². The second-order valence-corrected chi connectivity index (χ2v) is 9.70. The van der Waals surface area contributed by atoms with Crippen molar-refractivity contribution < 1.29 is 12.8 Å². The van der Waals surface area contributed by atoms with Crippen molar-refractivity contribution in [2.45, 2.75) is 13.0 Å². The largest absolute Gasteiger partial charge is 0.354 e. The van der Waals surface area contributed by atoms with Crippen LogP contribution in [0.1, 0.15) is 18.5 Å². The molecule has 0 unspecified atom stereocenters. The molecule has 0 spiro atoms. The Bertz CT molecular complexity index is 1190. The lowest BCUT2D eigenvalue weighted by molar-refractivity contribution is 0.387. The molecule has 13 heteroatoms. The number of sulfonamides is 1. The summed E-state index contributed by atoms with van der Waals surface area (Å²) in [5, 5.41) is 6.39. The summed E-state index contributed by atoms with van der Waals surface area (Å²) in [4.78, 5) is 19.5. The predicted molar refractivity (Wildman–Crippen MR) is 132 cm³/mol. The molecule has 0 amide bonds. The molecule has 0 bridgehead atoms. The molecule has 182 valence electrons. The molecule has 10 nitrogen and oxygen atoms in total. The Morgan fingerprint density at radius 2 is 1.74 bits per heavy atom. The van der Waals surface area contributed by atoms with Gasteiger partial charge in [0.25, 0.3) is 0 Å². The molecule has 3 aromatic rings. The van der Waals surface area contributed by atoms with E-state index in [9.17, 15) is 12.8 Å². The van der Waals surface area contributed by atoms with Gasteiger partial charge in [0.1, 0.15) is 23.3 Å². The van der Waals surface area contributed by atoms with E-state index < -0.39 is 10.0 Å². The lowest BCUT2D eigenvalue weighted by Crippen LogP contribution is -2.48. The Morgan fingerprint density at radius 1 is 1.03 bits per heavy atom. The molecule has 0 saturated carbocycles. The first-order chi connectivity index (χ1) is 15.8. The van der Waals surface area contributed by atoms with Crippen molar-refractivity contribution in [1.82, 2.24) is 24.2 Å². The van der Waals surface area contributed by atoms with Crippen LogP contribution in [0.15, 0.2) is 48.9 Å². The summed E-state index contributed by atoms with van der Waals surface area (Å²) in [6.45, 7) is 3.70. The van der Waals surface area contributed by atoms with Gasteiger partial charge in [-0.05, 0) is 24.6 Å². The zero-order chi connectivity index (χ0) is 23.4. The Hall–Kier alpha value is -3.09. The molecule has 1 aliphatic rings. The number of rotatable bonds is 7. The van der Waals surface area contributed by atoms with Crippen LogP contribution in [0.5, 0.6) is 0 Å². The average molecular weight is 509 g/mol. The number of nitrogens with zero attached hydrogens (tertiary/aromatic N) is 6. The minimum absolute atomic E-state index is 0. The van der Waals surface area contributed by atoms with Gasteiger partial charge in [-0.3, -0.25) is 4.98 Å². The number of piperazine rings is 1. The average Bonchev–Trinajstić information content (AvgIpc) is 2.79. The fraction of sp³-hybridized carbons (Fsp3) is 0.333. The van der Waals surface area contributed by atoms with Gasteiger partial charge < -0.3 is 15.5 Å². The van der Waals surface area contributed by atoms with Crippen molar-refractivity contribution in [3.05, 3.63) is 60.3 Å². The van der Waals surface area contributed by atoms with E-state index in [1.54, 1.807) is 36.8 Å². The van der Waals surface area contributed by atoms with Gasteiger partial charge in [-0.25, -0.2) is 17.8 Å². The molecule has 3 heterocycles. The first-order valence-corrected chi connectivity index (χ1v) is 12.3. The van der Waals surface area contributed by atoms with Gasteiger partial charge >= 0.3 is 0 Å². The standard InChI is InChI=1S/C21H25FN8O2S.ClH/c1-15(16-3-5-17(22)6-4-16)25-21-27-18(26-19-14-23-7-8-24-19)13-20(28-21)29-9-11-30(12-10-29)33(2,31)32;/h3-8,13-15H,9-12H2,1-2H3,(H2,24,25,26,27,28);1H/t15-;/m0./s1. The first kappa shape index (κ1) is 25.5. The number of benzene rings is 1. The maximum absolute atomic E-state index is 13.3. The summed E-state index contributed by atoms with van der Waals surface area (Å²) in [5.74, 6) is 1.77. The van der Waals surface area contributed by atoms with Crippen molar-refractivity contribution in [1.29, 1.82) is 0 Å². The molecule has 34 heavy (non-hydrogen) atoms. The van der Waals surface area contributed by atoms with E-state index >= 15 is 0 Å². The van der Waals surface area contributed by atoms with Gasteiger partial charge in [0.15, 0.2) is 0 Å². The highest BCUT2D eigenvalue weighted by molar-refractivity contribution is 7.88. The highest BCUT2D eigenvalue weighted by Gasteiger charge is 2.25. The predicted octanol–water partition coefficient (Wildman–Crippen LogP) is 2.83. The minimum atomic E-state index is -3.23. The van der Waals surface area contributed by atoms with Crippen LogP contribution in [-0.4, -0.2) is 65.1 Å². The van der Waals surface area contributed by atoms with E-state index in [2.05, 4.69) is 30.6 Å². The van der Waals surface area contributed by atoms with Crippen LogP contribution < -0.4 is 15.5 Å². The highest BCUT2D eigenvalue weighted by Crippen LogP contribution is 2.24. The fourth-order valence-electron chi connectivity index (χ4n) is 3.50. The van der Waals surface area contributed by atoms with E-state index in [0.717, 1.165) is 5.56 Å². The minimum Gasteiger partial charge on any atom is -0.354 e. The van der Waals surface area contributed by atoms with Gasteiger partial charge in [0, 0.05) is 44.6 Å². The number of aromatic nitrogens is 4. The normalized spacial score (nSPS) is 15.3. The van der Waals surface area contributed by atoms with Gasteiger partial charge in [-0.1, -0.05) is 12.1 Å². The summed E-state index contributed by atoms with van der Waals surface area (Å²) >= 11 is 0. The Kier molecular flexibility index (Phi) is 8.18. The zero-order valence-electron chi connectivity index (χ0n) is 18.7. The van der Waals surface area contributed by atoms with E-state index in [0.29, 0.717) is 49.6 Å². The molecule has 1 aliphatic heterocycles. The van der Waals surface area contributed by atoms with Gasteiger partial charge in [0.05, 0.1) is 18.5 Å². The third kappa shape index (κ3) is 6.49. The zero-order valence-corrected chi connectivity index (χ0v) is 20.4. The van der Waals surface area contributed by atoms with Crippen LogP contribution in [0.25, 0.3) is 0 Å². The van der Waals surface area contributed by atoms with E-state index in [1.807, 2.05) is 11.8 Å². The van der Waals surface area contributed by atoms with Gasteiger partial charge in [-0.2, -0.15) is 14.3 Å². The summed E-state index contributed by atoms with van der Waals surface area (Å²) in [6.07, 6.45) is 5.95. The maximum atomic E-state index is 13.3. The molecule has 1 fully saturated rings. The molecular formula is C21H26ClFN8O2S. The van der Waals surface area contributed by atoms with Crippen molar-refractivity contribution in [3.8, 4) is 0 Å². The number of anilines is 4. The first-order valence-electron chi connectivity index (χ1n) is 10.4. The van der Waals surface area contributed by atoms with Crippen LogP contribution in [0.2, 0.25) is 0 Å². The summed E-state index contributed by atoms with van der Waals surface area (Å²) in [7, 11) is -3.23. The molecule has 0 aliphatic carbocycles. The molecule has 1 atom stereocenters. The number of hydrogen-bond donors (Lipinski definition) is 2.